The van der Waals surface area contributed by atoms with Gasteiger partial charge in [0, 0.05) is 6.42 Å². The molecule has 0 amide bonds. The molecule has 0 nitrogen and oxygen atoms in total. The fraction of sp³-hybridized carbons (Fsp3) is 0.167. The maximum atomic E-state index is 5.27. The van der Waals surface area contributed by atoms with Gasteiger partial charge in [-0.1, -0.05) is 30.3 Å². The molecule has 1 aliphatic rings. The number of allylic oxidation sites excluding steroid dienone is 2. The van der Waals surface area contributed by atoms with Crippen LogP contribution in [0, 0.1) is 12.3 Å². The van der Waals surface area contributed by atoms with Crippen molar-refractivity contribution in [3.63, 3.8) is 0 Å². The van der Waals surface area contributed by atoms with E-state index in [1.54, 1.807) is 0 Å². The van der Waals surface area contributed by atoms with Gasteiger partial charge in [-0.05, 0) is 23.1 Å². The summed E-state index contributed by atoms with van der Waals surface area (Å²) in [5.41, 5.74) is 4.06. The topological polar surface area (TPSA) is 0 Å². The second-order valence-corrected chi connectivity index (χ2v) is 2.97. The molecule has 0 heterocycles. The van der Waals surface area contributed by atoms with E-state index in [-0.39, 0.29) is 0 Å². The minimum absolute atomic E-state index is 0.761. The van der Waals surface area contributed by atoms with Gasteiger partial charge in [0.15, 0.2) is 0 Å². The molecule has 0 bridgehead atoms. The molecule has 0 radical (unpaired) electrons. The van der Waals surface area contributed by atoms with Crippen LogP contribution in [-0.4, -0.2) is 0 Å². The maximum absolute atomic E-state index is 5.27. The highest BCUT2D eigenvalue weighted by molar-refractivity contribution is 5.74. The van der Waals surface area contributed by atoms with E-state index in [0.29, 0.717) is 0 Å². The Morgan fingerprint density at radius 2 is 2.17 bits per heavy atom. The summed E-state index contributed by atoms with van der Waals surface area (Å²) in [7, 11) is 0. The van der Waals surface area contributed by atoms with Gasteiger partial charge >= 0.3 is 0 Å². The second-order valence-electron chi connectivity index (χ2n) is 2.97. The van der Waals surface area contributed by atoms with Crippen molar-refractivity contribution < 1.29 is 0 Å². The normalized spacial score (nSPS) is 13.4. The van der Waals surface area contributed by atoms with Crippen molar-refractivity contribution >= 4 is 5.57 Å². The van der Waals surface area contributed by atoms with Gasteiger partial charge in [-0.2, -0.15) is 0 Å². The summed E-state index contributed by atoms with van der Waals surface area (Å²) in [6.07, 6.45) is 9.31. The zero-order valence-electron chi connectivity index (χ0n) is 6.88. The van der Waals surface area contributed by atoms with Gasteiger partial charge in [-0.3, -0.25) is 0 Å². The third kappa shape index (κ3) is 1.04. The highest BCUT2D eigenvalue weighted by Crippen LogP contribution is 2.28. The molecule has 58 valence electrons. The van der Waals surface area contributed by atoms with Gasteiger partial charge in [-0.25, -0.2) is 0 Å². The molecule has 2 rings (SSSR count). The Morgan fingerprint density at radius 1 is 1.33 bits per heavy atom. The molecule has 0 fully saturated rings. The minimum atomic E-state index is 0.761. The molecule has 0 aliphatic heterocycles. The largest absolute Gasteiger partial charge is 0.120 e. The molecule has 0 spiro atoms. The first kappa shape index (κ1) is 7.18. The minimum Gasteiger partial charge on any atom is -0.120 e. The first-order chi connectivity index (χ1) is 5.92. The number of fused-ring (bicyclic) bond motifs is 1. The van der Waals surface area contributed by atoms with Crippen molar-refractivity contribution in [3.05, 3.63) is 41.5 Å². The van der Waals surface area contributed by atoms with Crippen LogP contribution in [0.5, 0.6) is 0 Å². The lowest BCUT2D eigenvalue weighted by atomic mass is 10.0. The van der Waals surface area contributed by atoms with Crippen LogP contribution in [0.25, 0.3) is 5.57 Å². The van der Waals surface area contributed by atoms with Gasteiger partial charge < -0.3 is 0 Å². The summed E-state index contributed by atoms with van der Waals surface area (Å²) in [6, 6.07) is 8.45. The quantitative estimate of drug-likeness (QED) is 0.545. The number of hydrogen-bond acceptors (Lipinski definition) is 0. The van der Waals surface area contributed by atoms with E-state index in [1.165, 1.54) is 16.7 Å². The first-order valence-electron chi connectivity index (χ1n) is 4.12. The zero-order valence-corrected chi connectivity index (χ0v) is 6.88. The molecule has 0 saturated carbocycles. The van der Waals surface area contributed by atoms with Crippen LogP contribution in [0.15, 0.2) is 30.3 Å². The lowest BCUT2D eigenvalue weighted by molar-refractivity contribution is 1.31. The highest BCUT2D eigenvalue weighted by atomic mass is 14.1. The number of hydrogen-bond donors (Lipinski definition) is 0. The van der Waals surface area contributed by atoms with Gasteiger partial charge in [0.05, 0.1) is 0 Å². The molecular formula is C12H10. The van der Waals surface area contributed by atoms with E-state index in [0.717, 1.165) is 12.8 Å². The molecule has 1 aromatic rings. The van der Waals surface area contributed by atoms with Crippen LogP contribution < -0.4 is 0 Å². The maximum Gasteiger partial charge on any atom is 0.0340 e. The monoisotopic (exact) mass is 154 g/mol. The third-order valence-corrected chi connectivity index (χ3v) is 2.22. The molecule has 0 unspecified atom stereocenters. The fourth-order valence-electron chi connectivity index (χ4n) is 1.63. The van der Waals surface area contributed by atoms with Crippen LogP contribution in [0.1, 0.15) is 17.5 Å². The van der Waals surface area contributed by atoms with E-state index in [1.807, 2.05) is 0 Å². The Morgan fingerprint density at radius 3 is 3.00 bits per heavy atom. The molecule has 0 atom stereocenters. The van der Waals surface area contributed by atoms with Crippen molar-refractivity contribution in [2.75, 3.05) is 0 Å². The van der Waals surface area contributed by atoms with Crippen molar-refractivity contribution in [2.24, 2.45) is 0 Å². The Bertz CT molecular complexity index is 364. The summed E-state index contributed by atoms with van der Waals surface area (Å²) < 4.78 is 0. The summed E-state index contributed by atoms with van der Waals surface area (Å²) >= 11 is 0. The second kappa shape index (κ2) is 2.87. The van der Waals surface area contributed by atoms with Crippen LogP contribution in [0.3, 0.4) is 0 Å². The van der Waals surface area contributed by atoms with Gasteiger partial charge in [0.25, 0.3) is 0 Å². The molecule has 1 aromatic carbocycles. The Kier molecular flexibility index (Phi) is 1.72. The van der Waals surface area contributed by atoms with E-state index in [9.17, 15) is 0 Å². The summed E-state index contributed by atoms with van der Waals surface area (Å²) in [4.78, 5) is 0. The standard InChI is InChI=1S/C12H10/c1-2-5-10-8-9-11-6-3-4-7-12(10)11/h1,3-4,6-8H,5,9H2. The first-order valence-corrected chi connectivity index (χ1v) is 4.12. The third-order valence-electron chi connectivity index (χ3n) is 2.22. The summed E-state index contributed by atoms with van der Waals surface area (Å²) in [6.45, 7) is 0. The Hall–Kier alpha value is -1.48. The molecule has 0 heteroatoms. The van der Waals surface area contributed by atoms with Crippen molar-refractivity contribution in [1.82, 2.24) is 0 Å². The number of terminal acetylenes is 1. The van der Waals surface area contributed by atoms with Gasteiger partial charge in [0.2, 0.25) is 0 Å². The predicted molar refractivity (Wildman–Crippen MR) is 51.6 cm³/mol. The van der Waals surface area contributed by atoms with Crippen LogP contribution in [0.2, 0.25) is 0 Å². The molecular weight excluding hydrogens is 144 g/mol. The smallest absolute Gasteiger partial charge is 0.0340 e. The average molecular weight is 154 g/mol. The SMILES string of the molecule is C#CCC1=CCc2ccccc21. The Labute approximate surface area is 72.9 Å². The van der Waals surface area contributed by atoms with Gasteiger partial charge in [-0.15, -0.1) is 12.3 Å². The fourth-order valence-corrected chi connectivity index (χ4v) is 1.63. The molecule has 12 heavy (non-hydrogen) atoms. The van der Waals surface area contributed by atoms with E-state index >= 15 is 0 Å². The Balaban J connectivity index is 2.40. The van der Waals surface area contributed by atoms with Gasteiger partial charge in [0.1, 0.15) is 0 Å². The van der Waals surface area contributed by atoms with Crippen LogP contribution >= 0.6 is 0 Å². The summed E-state index contributed by atoms with van der Waals surface area (Å²) in [5, 5.41) is 0. The molecule has 1 aliphatic carbocycles. The number of rotatable bonds is 1. The van der Waals surface area contributed by atoms with Crippen molar-refractivity contribution in [2.45, 2.75) is 12.8 Å². The lowest BCUT2D eigenvalue weighted by Gasteiger charge is -2.00. The van der Waals surface area contributed by atoms with E-state index in [2.05, 4.69) is 36.3 Å². The van der Waals surface area contributed by atoms with Crippen LogP contribution in [-0.2, 0) is 6.42 Å². The zero-order chi connectivity index (χ0) is 8.39. The highest BCUT2D eigenvalue weighted by Gasteiger charge is 2.10. The predicted octanol–water partition coefficient (Wildman–Crippen LogP) is 2.65. The van der Waals surface area contributed by atoms with Crippen molar-refractivity contribution in [1.29, 1.82) is 0 Å². The summed E-state index contributed by atoms with van der Waals surface area (Å²) in [5.74, 6) is 2.68. The van der Waals surface area contributed by atoms with Crippen molar-refractivity contribution in [3.8, 4) is 12.3 Å². The lowest BCUT2D eigenvalue weighted by Crippen LogP contribution is -1.82. The average Bonchev–Trinajstić information content (AvgIpc) is 2.50. The van der Waals surface area contributed by atoms with E-state index in [4.69, 9.17) is 6.42 Å². The van der Waals surface area contributed by atoms with Crippen LogP contribution in [0.4, 0.5) is 0 Å². The number of benzene rings is 1. The molecule has 0 saturated heterocycles. The molecule has 0 N–H and O–H groups in total. The van der Waals surface area contributed by atoms with E-state index < -0.39 is 0 Å². The molecule has 0 aromatic heterocycles.